The van der Waals surface area contributed by atoms with Crippen molar-refractivity contribution in [2.45, 2.75) is 46.5 Å². The summed E-state index contributed by atoms with van der Waals surface area (Å²) in [6.45, 7) is 6.82. The van der Waals surface area contributed by atoms with E-state index in [0.717, 1.165) is 0 Å². The molecule has 0 saturated heterocycles. The quantitative estimate of drug-likeness (QED) is 0.757. The number of ketones is 1. The van der Waals surface area contributed by atoms with Gasteiger partial charge in [0.1, 0.15) is 0 Å². The number of hydrogen-bond acceptors (Lipinski definition) is 2. The van der Waals surface area contributed by atoms with Crippen LogP contribution in [0.25, 0.3) is 0 Å². The molecule has 2 heteroatoms. The molecule has 2 nitrogen and oxygen atoms in total. The van der Waals surface area contributed by atoms with Crippen molar-refractivity contribution in [1.29, 1.82) is 0 Å². The van der Waals surface area contributed by atoms with Gasteiger partial charge in [-0.25, -0.2) is 0 Å². The molecule has 0 amide bonds. The lowest BCUT2D eigenvalue weighted by molar-refractivity contribution is -0.119. The molecule has 3 atom stereocenters. The maximum Gasteiger partial charge on any atom is 0.156 e. The molecule has 0 unspecified atom stereocenters. The van der Waals surface area contributed by atoms with Crippen LogP contribution >= 0.6 is 0 Å². The van der Waals surface area contributed by atoms with Crippen LogP contribution in [0.4, 0.5) is 0 Å². The van der Waals surface area contributed by atoms with E-state index < -0.39 is 0 Å². The molecule has 0 aliphatic heterocycles. The molecule has 2 fully saturated rings. The molecule has 3 aliphatic carbocycles. The molecule has 0 heterocycles. The second-order valence-corrected chi connectivity index (χ2v) is 7.18. The zero-order valence-corrected chi connectivity index (χ0v) is 11.0. The Balaban J connectivity index is 2.20. The zero-order valence-electron chi connectivity index (χ0n) is 11.0. The Morgan fingerprint density at radius 1 is 1.41 bits per heavy atom. The predicted octanol–water partition coefficient (Wildman–Crippen LogP) is 2.71. The molecule has 1 N–H and O–H groups in total. The Labute approximate surface area is 103 Å². The maximum atomic E-state index is 11.9. The molecule has 0 radical (unpaired) electrons. The van der Waals surface area contributed by atoms with Crippen LogP contribution in [-0.2, 0) is 4.79 Å². The fourth-order valence-electron chi connectivity index (χ4n) is 4.91. The number of rotatable bonds is 1. The summed E-state index contributed by atoms with van der Waals surface area (Å²) < 4.78 is 0. The van der Waals surface area contributed by atoms with Gasteiger partial charge >= 0.3 is 0 Å². The zero-order chi connectivity index (χ0) is 12.5. The molecular weight excluding hydrogens is 212 g/mol. The van der Waals surface area contributed by atoms with E-state index in [0.29, 0.717) is 12.3 Å². The van der Waals surface area contributed by atoms with Crippen LogP contribution in [0, 0.1) is 22.2 Å². The topological polar surface area (TPSA) is 37.3 Å². The van der Waals surface area contributed by atoms with Gasteiger partial charge in [0.2, 0.25) is 0 Å². The average molecular weight is 234 g/mol. The van der Waals surface area contributed by atoms with Gasteiger partial charge in [-0.3, -0.25) is 4.79 Å². The Bertz CT molecular complexity index is 421. The molecule has 0 aromatic carbocycles. The standard InChI is InChI=1S/C15H22O2/c1-13(2)8-11(17)6-12-14(3,9-16)10-4-5-15(12,13)7-10/h6,10,16H,4-5,7-9H2,1-3H3/t10-,14-,15-/m0/s1. The smallest absolute Gasteiger partial charge is 0.156 e. The summed E-state index contributed by atoms with van der Waals surface area (Å²) in [4.78, 5) is 11.9. The molecule has 2 saturated carbocycles. The molecule has 2 bridgehead atoms. The van der Waals surface area contributed by atoms with Crippen LogP contribution in [-0.4, -0.2) is 17.5 Å². The third kappa shape index (κ3) is 1.13. The average Bonchev–Trinajstić information content (AvgIpc) is 2.77. The number of carbonyl (C=O) groups is 1. The summed E-state index contributed by atoms with van der Waals surface area (Å²) in [6.07, 6.45) is 6.15. The molecule has 0 aromatic heterocycles. The molecule has 17 heavy (non-hydrogen) atoms. The predicted molar refractivity (Wildman–Crippen MR) is 66.5 cm³/mol. The van der Waals surface area contributed by atoms with E-state index in [9.17, 15) is 9.90 Å². The van der Waals surface area contributed by atoms with Crippen molar-refractivity contribution in [1.82, 2.24) is 0 Å². The van der Waals surface area contributed by atoms with Crippen molar-refractivity contribution < 1.29 is 9.90 Å². The first kappa shape index (κ1) is 11.5. The fourth-order valence-corrected chi connectivity index (χ4v) is 4.91. The number of carbonyl (C=O) groups excluding carboxylic acids is 1. The van der Waals surface area contributed by atoms with Crippen LogP contribution in [0.3, 0.4) is 0 Å². The first-order valence-corrected chi connectivity index (χ1v) is 6.72. The summed E-state index contributed by atoms with van der Waals surface area (Å²) in [5, 5.41) is 9.79. The van der Waals surface area contributed by atoms with Crippen molar-refractivity contribution in [3.63, 3.8) is 0 Å². The summed E-state index contributed by atoms with van der Waals surface area (Å²) in [6, 6.07) is 0. The SMILES string of the molecule is CC1(C)CC(=O)C=C2[C@@]13CC[C@@H](C3)[C@]2(C)CO. The lowest BCUT2D eigenvalue weighted by atomic mass is 9.53. The number of hydrogen-bond donors (Lipinski definition) is 1. The van der Waals surface area contributed by atoms with Crippen molar-refractivity contribution in [3.8, 4) is 0 Å². The van der Waals surface area contributed by atoms with E-state index in [-0.39, 0.29) is 28.6 Å². The highest BCUT2D eigenvalue weighted by molar-refractivity contribution is 5.93. The first-order chi connectivity index (χ1) is 7.86. The van der Waals surface area contributed by atoms with Gasteiger partial charge in [-0.2, -0.15) is 0 Å². The first-order valence-electron chi connectivity index (χ1n) is 6.72. The summed E-state index contributed by atoms with van der Waals surface area (Å²) in [5.74, 6) is 0.826. The number of aliphatic hydroxyl groups is 1. The maximum absolute atomic E-state index is 11.9. The molecular formula is C15H22O2. The van der Waals surface area contributed by atoms with E-state index in [4.69, 9.17) is 0 Å². The van der Waals surface area contributed by atoms with Crippen LogP contribution in [0.1, 0.15) is 46.5 Å². The van der Waals surface area contributed by atoms with Gasteiger partial charge in [0, 0.05) is 11.8 Å². The molecule has 3 aliphatic rings. The lowest BCUT2D eigenvalue weighted by Gasteiger charge is -2.50. The third-order valence-corrected chi connectivity index (χ3v) is 6.09. The third-order valence-electron chi connectivity index (χ3n) is 6.09. The van der Waals surface area contributed by atoms with Gasteiger partial charge in [0.15, 0.2) is 5.78 Å². The van der Waals surface area contributed by atoms with Crippen LogP contribution in [0.2, 0.25) is 0 Å². The molecule has 1 spiro atoms. The normalized spacial score (nSPS) is 46.9. The second-order valence-electron chi connectivity index (χ2n) is 7.18. The van der Waals surface area contributed by atoms with Crippen LogP contribution in [0.5, 0.6) is 0 Å². The van der Waals surface area contributed by atoms with Crippen LogP contribution in [0.15, 0.2) is 11.6 Å². The summed E-state index contributed by atoms with van der Waals surface area (Å²) in [5.41, 5.74) is 1.40. The number of fused-ring (bicyclic) bond motifs is 1. The Hall–Kier alpha value is -0.630. The Kier molecular flexibility index (Phi) is 2.04. The van der Waals surface area contributed by atoms with Gasteiger partial charge in [0.05, 0.1) is 6.61 Å². The highest BCUT2D eigenvalue weighted by Crippen LogP contribution is 2.73. The Morgan fingerprint density at radius 2 is 2.12 bits per heavy atom. The number of aliphatic hydroxyl groups excluding tert-OH is 1. The van der Waals surface area contributed by atoms with Gasteiger partial charge in [-0.1, -0.05) is 26.3 Å². The van der Waals surface area contributed by atoms with E-state index in [2.05, 4.69) is 20.8 Å². The minimum absolute atomic E-state index is 0.0653. The van der Waals surface area contributed by atoms with Crippen molar-refractivity contribution in [3.05, 3.63) is 11.6 Å². The second kappa shape index (κ2) is 3.03. The minimum Gasteiger partial charge on any atom is -0.395 e. The molecule has 3 rings (SSSR count). The van der Waals surface area contributed by atoms with E-state index in [1.807, 2.05) is 6.08 Å². The van der Waals surface area contributed by atoms with Crippen molar-refractivity contribution in [2.75, 3.05) is 6.61 Å². The van der Waals surface area contributed by atoms with Crippen LogP contribution < -0.4 is 0 Å². The highest BCUT2D eigenvalue weighted by atomic mass is 16.3. The largest absolute Gasteiger partial charge is 0.395 e. The number of allylic oxidation sites excluding steroid dienone is 1. The fraction of sp³-hybridized carbons (Fsp3) is 0.800. The monoisotopic (exact) mass is 234 g/mol. The van der Waals surface area contributed by atoms with Crippen molar-refractivity contribution >= 4 is 5.78 Å². The van der Waals surface area contributed by atoms with E-state index >= 15 is 0 Å². The summed E-state index contributed by atoms with van der Waals surface area (Å²) >= 11 is 0. The Morgan fingerprint density at radius 3 is 2.76 bits per heavy atom. The van der Waals surface area contributed by atoms with E-state index in [1.165, 1.54) is 24.8 Å². The lowest BCUT2D eigenvalue weighted by Crippen LogP contribution is -2.45. The van der Waals surface area contributed by atoms with Gasteiger partial charge < -0.3 is 5.11 Å². The van der Waals surface area contributed by atoms with Crippen molar-refractivity contribution in [2.24, 2.45) is 22.2 Å². The molecule has 0 aromatic rings. The highest BCUT2D eigenvalue weighted by Gasteiger charge is 2.66. The van der Waals surface area contributed by atoms with E-state index in [1.54, 1.807) is 0 Å². The summed E-state index contributed by atoms with van der Waals surface area (Å²) in [7, 11) is 0. The minimum atomic E-state index is -0.133. The van der Waals surface area contributed by atoms with Gasteiger partial charge in [-0.15, -0.1) is 0 Å². The van der Waals surface area contributed by atoms with Gasteiger partial charge in [-0.05, 0) is 42.1 Å². The van der Waals surface area contributed by atoms with Gasteiger partial charge in [0.25, 0.3) is 0 Å². The molecule has 94 valence electrons.